The zero-order valence-electron chi connectivity index (χ0n) is 9.10. The van der Waals surface area contributed by atoms with Crippen LogP contribution in [-0.4, -0.2) is 31.7 Å². The van der Waals surface area contributed by atoms with Crippen LogP contribution in [0.2, 0.25) is 0 Å². The van der Waals surface area contributed by atoms with E-state index in [0.717, 1.165) is 19.6 Å². The van der Waals surface area contributed by atoms with E-state index < -0.39 is 0 Å². The van der Waals surface area contributed by atoms with Gasteiger partial charge in [-0.1, -0.05) is 0 Å². The SMILES string of the molecule is CC(C)NC(=O)NCC1CCNCC1. The molecule has 2 amide bonds. The van der Waals surface area contributed by atoms with Crippen LogP contribution < -0.4 is 16.0 Å². The van der Waals surface area contributed by atoms with Gasteiger partial charge < -0.3 is 16.0 Å². The van der Waals surface area contributed by atoms with Crippen LogP contribution in [0.4, 0.5) is 4.79 Å². The van der Waals surface area contributed by atoms with Gasteiger partial charge >= 0.3 is 6.03 Å². The molecule has 1 fully saturated rings. The molecule has 82 valence electrons. The van der Waals surface area contributed by atoms with Crippen LogP contribution in [0.5, 0.6) is 0 Å². The number of hydrogen-bond acceptors (Lipinski definition) is 2. The molecule has 0 aromatic heterocycles. The summed E-state index contributed by atoms with van der Waals surface area (Å²) in [4.78, 5) is 11.3. The molecule has 0 bridgehead atoms. The van der Waals surface area contributed by atoms with Crippen LogP contribution >= 0.6 is 0 Å². The van der Waals surface area contributed by atoms with Crippen molar-refractivity contribution < 1.29 is 4.79 Å². The number of carbonyl (C=O) groups is 1. The lowest BCUT2D eigenvalue weighted by Gasteiger charge is -2.23. The Kier molecular flexibility index (Phi) is 4.73. The number of carbonyl (C=O) groups excluding carboxylic acids is 1. The lowest BCUT2D eigenvalue weighted by Crippen LogP contribution is -2.43. The van der Waals surface area contributed by atoms with Crippen molar-refractivity contribution in [3.05, 3.63) is 0 Å². The number of rotatable bonds is 3. The monoisotopic (exact) mass is 199 g/mol. The summed E-state index contributed by atoms with van der Waals surface area (Å²) in [6, 6.07) is 0.168. The molecule has 1 aliphatic rings. The summed E-state index contributed by atoms with van der Waals surface area (Å²) in [6.45, 7) is 6.89. The highest BCUT2D eigenvalue weighted by Gasteiger charge is 2.13. The minimum atomic E-state index is -0.0430. The number of urea groups is 1. The van der Waals surface area contributed by atoms with Crippen molar-refractivity contribution in [1.82, 2.24) is 16.0 Å². The maximum atomic E-state index is 11.3. The average molecular weight is 199 g/mol. The first-order valence-electron chi connectivity index (χ1n) is 5.43. The maximum absolute atomic E-state index is 11.3. The summed E-state index contributed by atoms with van der Waals surface area (Å²) in [7, 11) is 0. The minimum absolute atomic E-state index is 0.0430. The Labute approximate surface area is 85.8 Å². The molecule has 0 atom stereocenters. The van der Waals surface area contributed by atoms with Crippen LogP contribution in [0.25, 0.3) is 0 Å². The van der Waals surface area contributed by atoms with Gasteiger partial charge in [0.15, 0.2) is 0 Å². The molecular formula is C10H21N3O. The van der Waals surface area contributed by atoms with Gasteiger partial charge in [-0.3, -0.25) is 0 Å². The molecule has 0 saturated carbocycles. The largest absolute Gasteiger partial charge is 0.338 e. The predicted octanol–water partition coefficient (Wildman–Crippen LogP) is 0.694. The van der Waals surface area contributed by atoms with Crippen LogP contribution in [0.15, 0.2) is 0 Å². The van der Waals surface area contributed by atoms with E-state index in [0.29, 0.717) is 5.92 Å². The standard InChI is InChI=1S/C10H21N3O/c1-8(2)13-10(14)12-7-9-3-5-11-6-4-9/h8-9,11H,3-7H2,1-2H3,(H2,12,13,14). The summed E-state index contributed by atoms with van der Waals surface area (Å²) in [5.41, 5.74) is 0. The van der Waals surface area contributed by atoms with Crippen LogP contribution in [0.3, 0.4) is 0 Å². The molecule has 0 aromatic rings. The minimum Gasteiger partial charge on any atom is -0.338 e. The Morgan fingerprint density at radius 2 is 2.07 bits per heavy atom. The molecule has 1 aliphatic heterocycles. The molecule has 1 saturated heterocycles. The normalized spacial score (nSPS) is 18.2. The molecular weight excluding hydrogens is 178 g/mol. The molecule has 4 nitrogen and oxygen atoms in total. The molecule has 1 rings (SSSR count). The number of amides is 2. The molecule has 1 heterocycles. The van der Waals surface area contributed by atoms with Gasteiger partial charge in [0.25, 0.3) is 0 Å². The zero-order valence-corrected chi connectivity index (χ0v) is 9.10. The fourth-order valence-electron chi connectivity index (χ4n) is 1.64. The van der Waals surface area contributed by atoms with Gasteiger partial charge in [0.1, 0.15) is 0 Å². The first kappa shape index (κ1) is 11.3. The van der Waals surface area contributed by atoms with E-state index in [-0.39, 0.29) is 12.1 Å². The predicted molar refractivity (Wildman–Crippen MR) is 57.3 cm³/mol. The smallest absolute Gasteiger partial charge is 0.314 e. The molecule has 0 aromatic carbocycles. The Balaban J connectivity index is 2.09. The average Bonchev–Trinajstić information content (AvgIpc) is 2.15. The van der Waals surface area contributed by atoms with E-state index in [4.69, 9.17) is 0 Å². The third kappa shape index (κ3) is 4.46. The van der Waals surface area contributed by atoms with Gasteiger partial charge in [-0.15, -0.1) is 0 Å². The van der Waals surface area contributed by atoms with Gasteiger partial charge in [-0.05, 0) is 45.7 Å². The van der Waals surface area contributed by atoms with E-state index in [2.05, 4.69) is 16.0 Å². The van der Waals surface area contributed by atoms with E-state index in [1.165, 1.54) is 12.8 Å². The zero-order chi connectivity index (χ0) is 10.4. The van der Waals surface area contributed by atoms with Crippen molar-refractivity contribution in [3.63, 3.8) is 0 Å². The van der Waals surface area contributed by atoms with Gasteiger partial charge in [0.2, 0.25) is 0 Å². The first-order chi connectivity index (χ1) is 6.68. The third-order valence-corrected chi connectivity index (χ3v) is 2.43. The second-order valence-electron chi connectivity index (χ2n) is 4.20. The van der Waals surface area contributed by atoms with Gasteiger partial charge in [0.05, 0.1) is 0 Å². The van der Waals surface area contributed by atoms with Crippen molar-refractivity contribution in [2.75, 3.05) is 19.6 Å². The molecule has 0 aliphatic carbocycles. The highest BCUT2D eigenvalue weighted by atomic mass is 16.2. The molecule has 0 spiro atoms. The molecule has 14 heavy (non-hydrogen) atoms. The van der Waals surface area contributed by atoms with Gasteiger partial charge in [0, 0.05) is 12.6 Å². The second kappa shape index (κ2) is 5.86. The lowest BCUT2D eigenvalue weighted by molar-refractivity contribution is 0.234. The fraction of sp³-hybridized carbons (Fsp3) is 0.900. The maximum Gasteiger partial charge on any atom is 0.314 e. The third-order valence-electron chi connectivity index (χ3n) is 2.43. The van der Waals surface area contributed by atoms with Crippen LogP contribution in [-0.2, 0) is 0 Å². The highest BCUT2D eigenvalue weighted by molar-refractivity contribution is 5.74. The number of hydrogen-bond donors (Lipinski definition) is 3. The Bertz CT molecular complexity index is 176. The van der Waals surface area contributed by atoms with Crippen molar-refractivity contribution in [3.8, 4) is 0 Å². The number of nitrogens with one attached hydrogen (secondary N) is 3. The Morgan fingerprint density at radius 1 is 1.43 bits per heavy atom. The van der Waals surface area contributed by atoms with Crippen molar-refractivity contribution >= 4 is 6.03 Å². The molecule has 0 unspecified atom stereocenters. The quantitative estimate of drug-likeness (QED) is 0.626. The first-order valence-corrected chi connectivity index (χ1v) is 5.43. The Morgan fingerprint density at radius 3 is 2.64 bits per heavy atom. The topological polar surface area (TPSA) is 53.2 Å². The van der Waals surface area contributed by atoms with Crippen LogP contribution in [0.1, 0.15) is 26.7 Å². The van der Waals surface area contributed by atoms with E-state index >= 15 is 0 Å². The summed E-state index contributed by atoms with van der Waals surface area (Å²) in [6.07, 6.45) is 2.34. The van der Waals surface area contributed by atoms with Crippen molar-refractivity contribution in [2.45, 2.75) is 32.7 Å². The molecule has 3 N–H and O–H groups in total. The molecule has 0 radical (unpaired) electrons. The fourth-order valence-corrected chi connectivity index (χ4v) is 1.64. The summed E-state index contributed by atoms with van der Waals surface area (Å²) in [5.74, 6) is 0.647. The van der Waals surface area contributed by atoms with Crippen LogP contribution in [0, 0.1) is 5.92 Å². The van der Waals surface area contributed by atoms with Crippen molar-refractivity contribution in [1.29, 1.82) is 0 Å². The number of piperidine rings is 1. The lowest BCUT2D eigenvalue weighted by atomic mass is 9.98. The Hall–Kier alpha value is -0.770. The van der Waals surface area contributed by atoms with Gasteiger partial charge in [-0.2, -0.15) is 0 Å². The summed E-state index contributed by atoms with van der Waals surface area (Å²) in [5, 5.41) is 9.03. The molecule has 4 heteroatoms. The van der Waals surface area contributed by atoms with E-state index in [9.17, 15) is 4.79 Å². The van der Waals surface area contributed by atoms with Crippen molar-refractivity contribution in [2.24, 2.45) is 5.92 Å². The highest BCUT2D eigenvalue weighted by Crippen LogP contribution is 2.09. The van der Waals surface area contributed by atoms with E-state index in [1.807, 2.05) is 13.8 Å². The second-order valence-corrected chi connectivity index (χ2v) is 4.20. The summed E-state index contributed by atoms with van der Waals surface area (Å²) >= 11 is 0. The van der Waals surface area contributed by atoms with Gasteiger partial charge in [-0.25, -0.2) is 4.79 Å². The van der Waals surface area contributed by atoms with E-state index in [1.54, 1.807) is 0 Å². The summed E-state index contributed by atoms with van der Waals surface area (Å²) < 4.78 is 0.